The Kier molecular flexibility index (Phi) is 4.00. The molecule has 2 N–H and O–H groups in total. The van der Waals surface area contributed by atoms with Crippen LogP contribution in [0.2, 0.25) is 0 Å². The van der Waals surface area contributed by atoms with Gasteiger partial charge < -0.3 is 10.6 Å². The van der Waals surface area contributed by atoms with Crippen molar-refractivity contribution in [1.29, 1.82) is 0 Å². The Morgan fingerprint density at radius 1 is 1.69 bits per heavy atom. The van der Waals surface area contributed by atoms with Gasteiger partial charge in [-0.1, -0.05) is 12.2 Å². The van der Waals surface area contributed by atoms with E-state index in [2.05, 4.69) is 5.10 Å². The molecule has 1 aromatic heterocycles. The quantitative estimate of drug-likeness (QED) is 0.781. The van der Waals surface area contributed by atoms with Crippen molar-refractivity contribution in [2.45, 2.75) is 19.9 Å². The van der Waals surface area contributed by atoms with Gasteiger partial charge in [0.25, 0.3) is 5.91 Å². The van der Waals surface area contributed by atoms with Crippen molar-refractivity contribution >= 4 is 23.1 Å². The number of nitrogens with two attached hydrogens (primary N) is 1. The number of hydrogen-bond donors (Lipinski definition) is 1. The van der Waals surface area contributed by atoms with Gasteiger partial charge in [-0.2, -0.15) is 5.10 Å². The van der Waals surface area contributed by atoms with E-state index in [-0.39, 0.29) is 11.9 Å². The van der Waals surface area contributed by atoms with Crippen LogP contribution in [0.3, 0.4) is 0 Å². The molecule has 0 spiro atoms. The highest BCUT2D eigenvalue weighted by Gasteiger charge is 2.20. The number of nitrogens with zero attached hydrogens (tertiary/aromatic N) is 3. The lowest BCUT2D eigenvalue weighted by Crippen LogP contribution is -2.42. The highest BCUT2D eigenvalue weighted by Crippen LogP contribution is 2.07. The van der Waals surface area contributed by atoms with Crippen molar-refractivity contribution in [1.82, 2.24) is 14.7 Å². The molecule has 0 unspecified atom stereocenters. The van der Waals surface area contributed by atoms with Gasteiger partial charge in [-0.05, 0) is 13.8 Å². The first-order valence-electron chi connectivity index (χ1n) is 4.99. The number of rotatable bonds is 4. The Bertz CT molecular complexity index is 399. The maximum absolute atomic E-state index is 12.1. The van der Waals surface area contributed by atoms with Crippen LogP contribution in [0.25, 0.3) is 0 Å². The fraction of sp³-hybridized carbons (Fsp3) is 0.500. The molecule has 0 aromatic carbocycles. The van der Waals surface area contributed by atoms with Gasteiger partial charge in [0.2, 0.25) is 0 Å². The van der Waals surface area contributed by atoms with Gasteiger partial charge in [0.15, 0.2) is 0 Å². The van der Waals surface area contributed by atoms with Crippen LogP contribution in [0.5, 0.6) is 0 Å². The van der Waals surface area contributed by atoms with Crippen molar-refractivity contribution < 1.29 is 4.79 Å². The number of thiocarbonyl (C=S) groups is 1. The number of aromatic nitrogens is 2. The van der Waals surface area contributed by atoms with Crippen LogP contribution in [0, 0.1) is 0 Å². The molecule has 1 heterocycles. The molecule has 0 radical (unpaired) electrons. The van der Waals surface area contributed by atoms with Gasteiger partial charge >= 0.3 is 0 Å². The average molecular weight is 240 g/mol. The van der Waals surface area contributed by atoms with E-state index in [1.165, 1.54) is 6.20 Å². The largest absolute Gasteiger partial charge is 0.392 e. The predicted molar refractivity (Wildman–Crippen MR) is 66.2 cm³/mol. The molecule has 16 heavy (non-hydrogen) atoms. The average Bonchev–Trinajstić information content (AvgIpc) is 2.59. The molecule has 0 atom stereocenters. The van der Waals surface area contributed by atoms with E-state index < -0.39 is 0 Å². The van der Waals surface area contributed by atoms with E-state index in [0.29, 0.717) is 17.1 Å². The molecule has 0 aliphatic rings. The molecule has 1 amide bonds. The molecule has 5 nitrogen and oxygen atoms in total. The van der Waals surface area contributed by atoms with Gasteiger partial charge in [-0.15, -0.1) is 0 Å². The summed E-state index contributed by atoms with van der Waals surface area (Å²) in [6.45, 7) is 4.14. The number of hydrogen-bond acceptors (Lipinski definition) is 3. The van der Waals surface area contributed by atoms with Crippen molar-refractivity contribution in [2.75, 3.05) is 6.54 Å². The molecule has 1 rings (SSSR count). The third kappa shape index (κ3) is 3.03. The van der Waals surface area contributed by atoms with Gasteiger partial charge in [-0.25, -0.2) is 0 Å². The summed E-state index contributed by atoms with van der Waals surface area (Å²) in [5, 5.41) is 3.96. The number of carbonyl (C=O) groups is 1. The molecule has 1 aromatic rings. The Hall–Kier alpha value is -1.43. The van der Waals surface area contributed by atoms with E-state index >= 15 is 0 Å². The van der Waals surface area contributed by atoms with E-state index in [0.717, 1.165) is 0 Å². The Morgan fingerprint density at radius 2 is 2.31 bits per heavy atom. The second-order valence-electron chi connectivity index (χ2n) is 3.90. The Labute approximate surface area is 100 Å². The van der Waals surface area contributed by atoms with Crippen LogP contribution in [0.4, 0.5) is 0 Å². The third-order valence-corrected chi connectivity index (χ3v) is 2.29. The number of aryl methyl sites for hydroxylation is 1. The first-order chi connectivity index (χ1) is 7.41. The van der Waals surface area contributed by atoms with Crippen molar-refractivity contribution in [3.05, 3.63) is 18.0 Å². The summed E-state index contributed by atoms with van der Waals surface area (Å²) in [6.07, 6.45) is 3.22. The van der Waals surface area contributed by atoms with E-state index in [4.69, 9.17) is 18.0 Å². The van der Waals surface area contributed by atoms with Crippen LogP contribution in [0.1, 0.15) is 24.2 Å². The molecule has 0 aliphatic heterocycles. The normalized spacial score (nSPS) is 10.5. The van der Waals surface area contributed by atoms with Crippen molar-refractivity contribution in [3.8, 4) is 0 Å². The summed E-state index contributed by atoms with van der Waals surface area (Å²) < 4.78 is 1.59. The lowest BCUT2D eigenvalue weighted by molar-refractivity contribution is 0.0736. The molecule has 0 saturated heterocycles. The zero-order chi connectivity index (χ0) is 12.3. The number of carbonyl (C=O) groups excluding carboxylic acids is 1. The minimum Gasteiger partial charge on any atom is -0.392 e. The van der Waals surface area contributed by atoms with Crippen molar-refractivity contribution in [2.24, 2.45) is 12.8 Å². The molecule has 0 aliphatic carbocycles. The van der Waals surface area contributed by atoms with Gasteiger partial charge in [0.1, 0.15) is 0 Å². The minimum absolute atomic E-state index is 0.0502. The fourth-order valence-corrected chi connectivity index (χ4v) is 1.49. The molecular formula is C10H16N4OS. The lowest BCUT2D eigenvalue weighted by atomic mass is 10.2. The smallest absolute Gasteiger partial charge is 0.257 e. The van der Waals surface area contributed by atoms with E-state index in [9.17, 15) is 4.79 Å². The summed E-state index contributed by atoms with van der Waals surface area (Å²) in [7, 11) is 1.77. The summed E-state index contributed by atoms with van der Waals surface area (Å²) in [5.41, 5.74) is 6.02. The Morgan fingerprint density at radius 3 is 2.69 bits per heavy atom. The summed E-state index contributed by atoms with van der Waals surface area (Å²) in [5.74, 6) is -0.101. The second kappa shape index (κ2) is 5.07. The first kappa shape index (κ1) is 12.6. The lowest BCUT2D eigenvalue weighted by Gasteiger charge is -2.25. The molecule has 0 saturated carbocycles. The van der Waals surface area contributed by atoms with Crippen LogP contribution in [-0.2, 0) is 7.05 Å². The summed E-state index contributed by atoms with van der Waals surface area (Å²) in [4.78, 5) is 14.0. The van der Waals surface area contributed by atoms with Gasteiger partial charge in [-0.3, -0.25) is 9.48 Å². The maximum Gasteiger partial charge on any atom is 0.257 e. The molecule has 88 valence electrons. The minimum atomic E-state index is -0.101. The van der Waals surface area contributed by atoms with E-state index in [1.54, 1.807) is 22.8 Å². The molecule has 0 bridgehead atoms. The third-order valence-electron chi connectivity index (χ3n) is 2.16. The fourth-order valence-electron chi connectivity index (χ4n) is 1.35. The monoisotopic (exact) mass is 240 g/mol. The van der Waals surface area contributed by atoms with Crippen molar-refractivity contribution in [3.63, 3.8) is 0 Å². The Balaban J connectivity index is 2.87. The van der Waals surface area contributed by atoms with Crippen LogP contribution < -0.4 is 5.73 Å². The summed E-state index contributed by atoms with van der Waals surface area (Å²) >= 11 is 4.83. The van der Waals surface area contributed by atoms with Gasteiger partial charge in [0, 0.05) is 19.3 Å². The predicted octanol–water partition coefficient (Wildman–Crippen LogP) is 0.557. The second-order valence-corrected chi connectivity index (χ2v) is 4.42. The first-order valence-corrected chi connectivity index (χ1v) is 5.40. The molecule has 0 fully saturated rings. The zero-order valence-corrected chi connectivity index (χ0v) is 10.5. The topological polar surface area (TPSA) is 64.2 Å². The highest BCUT2D eigenvalue weighted by atomic mass is 32.1. The van der Waals surface area contributed by atoms with Gasteiger partial charge in [0.05, 0.1) is 23.3 Å². The standard InChI is InChI=1S/C10H16N4OS/c1-7(2)14(6-9(11)16)10(15)8-4-12-13(3)5-8/h4-5,7H,6H2,1-3H3,(H2,11,16). The maximum atomic E-state index is 12.1. The highest BCUT2D eigenvalue weighted by molar-refractivity contribution is 7.80. The van der Waals surface area contributed by atoms with Crippen LogP contribution in [-0.4, -0.2) is 38.2 Å². The number of amides is 1. The van der Waals surface area contributed by atoms with E-state index in [1.807, 2.05) is 13.8 Å². The SMILES string of the molecule is CC(C)N(CC(N)=S)C(=O)c1cnn(C)c1. The van der Waals surface area contributed by atoms with Crippen LogP contribution in [0.15, 0.2) is 12.4 Å². The molecule has 6 heteroatoms. The molecular weight excluding hydrogens is 224 g/mol. The zero-order valence-electron chi connectivity index (χ0n) is 9.67. The summed E-state index contributed by atoms with van der Waals surface area (Å²) in [6, 6.07) is 0.0502. The van der Waals surface area contributed by atoms with Crippen LogP contribution >= 0.6 is 12.2 Å².